The van der Waals surface area contributed by atoms with Gasteiger partial charge in [0.1, 0.15) is 22.9 Å². The number of hydrogen-bond donors (Lipinski definition) is 4. The number of nitrogens with one attached hydrogen (secondary N) is 1. The lowest BCUT2D eigenvalue weighted by molar-refractivity contribution is -0.646. The van der Waals surface area contributed by atoms with Crippen molar-refractivity contribution in [1.82, 2.24) is 29.8 Å². The van der Waals surface area contributed by atoms with Crippen LogP contribution >= 0.6 is 34.9 Å². The van der Waals surface area contributed by atoms with Crippen LogP contribution in [-0.4, -0.2) is 87.6 Å². The molecule has 2 aliphatic rings. The van der Waals surface area contributed by atoms with Crippen LogP contribution in [0.4, 0.5) is 10.9 Å². The summed E-state index contributed by atoms with van der Waals surface area (Å²) in [6.07, 6.45) is 1.62. The van der Waals surface area contributed by atoms with Crippen LogP contribution < -0.4 is 26.5 Å². The SMILES string of the molecule is CCC(C)(O/N=C(\C(=O)NC1C(=O)N2C(C(=O)[O-])=C(CSc3nc(N)cc4n3nc[n+]4C)CS[C@H]12)c1csc(N)n1)C(=O)O. The number of carbonyl (C=O) groups is 4. The van der Waals surface area contributed by atoms with Gasteiger partial charge in [-0.2, -0.15) is 4.98 Å². The van der Waals surface area contributed by atoms with Crippen LogP contribution in [0.15, 0.2) is 39.4 Å². The van der Waals surface area contributed by atoms with Crippen LogP contribution in [0.25, 0.3) is 5.65 Å². The van der Waals surface area contributed by atoms with Crippen molar-refractivity contribution in [2.45, 2.75) is 42.4 Å². The number of anilines is 2. The van der Waals surface area contributed by atoms with Gasteiger partial charge in [0, 0.05) is 22.0 Å². The van der Waals surface area contributed by atoms with Gasteiger partial charge in [-0.1, -0.05) is 23.8 Å². The topological polar surface area (TPSA) is 247 Å². The molecule has 2 amide bonds. The summed E-state index contributed by atoms with van der Waals surface area (Å²) in [6.45, 7) is 2.87. The van der Waals surface area contributed by atoms with Crippen LogP contribution in [0.2, 0.25) is 0 Å². The number of hydrogen-bond acceptors (Lipinski definition) is 15. The van der Waals surface area contributed by atoms with Gasteiger partial charge in [-0.25, -0.2) is 14.3 Å². The number of oxime groups is 1. The average molecular weight is 663 g/mol. The Labute approximate surface area is 261 Å². The summed E-state index contributed by atoms with van der Waals surface area (Å²) in [5.74, 6) is -3.77. The molecule has 3 atom stereocenters. The van der Waals surface area contributed by atoms with Gasteiger partial charge >= 0.3 is 5.97 Å². The largest absolute Gasteiger partial charge is 0.543 e. The van der Waals surface area contributed by atoms with E-state index in [1.54, 1.807) is 35.4 Å². The molecule has 0 saturated carbocycles. The Morgan fingerprint density at radius 2 is 2.11 bits per heavy atom. The number of nitrogens with two attached hydrogens (primary N) is 2. The molecule has 5 rings (SSSR count). The predicted octanol–water partition coefficient (Wildman–Crippen LogP) is -1.66. The van der Waals surface area contributed by atoms with Crippen molar-refractivity contribution < 1.29 is 38.8 Å². The number of fused-ring (bicyclic) bond motifs is 2. The lowest BCUT2D eigenvalue weighted by atomic mass is 10.0. The minimum atomic E-state index is -1.74. The maximum atomic E-state index is 13.3. The second kappa shape index (κ2) is 11.9. The first-order valence-corrected chi connectivity index (χ1v) is 15.8. The maximum Gasteiger partial charge on any atom is 0.350 e. The van der Waals surface area contributed by atoms with E-state index in [-0.39, 0.29) is 40.3 Å². The third-order valence-electron chi connectivity index (χ3n) is 6.95. The summed E-state index contributed by atoms with van der Waals surface area (Å²) in [5.41, 5.74) is 10.3. The standard InChI is InChI=1S/C24H26N10O7S3/c1-4-24(2,21(39)40)41-31-14(11-8-43-22(26)28-11)17(35)30-15-18(36)33-16(20(37)38)10(6-42-19(15)33)7-44-23-29-12(25)5-13-32(3)9-27-34(13)23/h5,8-9,15,19,25H,4,6-7H2,1-3H3,(H5,26,28,30,35,37,38,39,40)/b31-14-/t15?,19-,24?/m1/s1. The number of carbonyl (C=O) groups excluding carboxylic acids is 3. The number of aliphatic carboxylic acids is 2. The molecule has 44 heavy (non-hydrogen) atoms. The van der Waals surface area contributed by atoms with Crippen molar-refractivity contribution in [3.8, 4) is 0 Å². The highest BCUT2D eigenvalue weighted by atomic mass is 32.2. The Balaban J connectivity index is 1.35. The van der Waals surface area contributed by atoms with Crippen molar-refractivity contribution in [2.24, 2.45) is 12.2 Å². The molecule has 0 bridgehead atoms. The highest BCUT2D eigenvalue weighted by Crippen LogP contribution is 2.41. The predicted molar refractivity (Wildman–Crippen MR) is 157 cm³/mol. The second-order valence-corrected chi connectivity index (χ2v) is 12.8. The molecule has 0 spiro atoms. The summed E-state index contributed by atoms with van der Waals surface area (Å²) in [4.78, 5) is 65.1. The zero-order valence-corrected chi connectivity index (χ0v) is 25.9. The van der Waals surface area contributed by atoms with Gasteiger partial charge < -0.3 is 36.6 Å². The fourth-order valence-corrected chi connectivity index (χ4v) is 7.27. The number of rotatable bonds is 11. The molecule has 3 aromatic heterocycles. The van der Waals surface area contributed by atoms with E-state index in [9.17, 15) is 29.4 Å². The van der Waals surface area contributed by atoms with E-state index in [4.69, 9.17) is 16.3 Å². The van der Waals surface area contributed by atoms with Crippen molar-refractivity contribution in [2.75, 3.05) is 23.0 Å². The van der Waals surface area contributed by atoms with E-state index >= 15 is 0 Å². The van der Waals surface area contributed by atoms with E-state index in [1.807, 2.05) is 0 Å². The molecule has 1 fully saturated rings. The van der Waals surface area contributed by atoms with Gasteiger partial charge in [-0.3, -0.25) is 14.5 Å². The van der Waals surface area contributed by atoms with E-state index in [0.717, 1.165) is 16.2 Å². The highest BCUT2D eigenvalue weighted by molar-refractivity contribution is 8.01. The number of thiazole rings is 1. The lowest BCUT2D eigenvalue weighted by Crippen LogP contribution is -2.71. The maximum absolute atomic E-state index is 13.3. The fourth-order valence-electron chi connectivity index (χ4n) is 4.27. The molecule has 5 heterocycles. The van der Waals surface area contributed by atoms with E-state index in [0.29, 0.717) is 16.4 Å². The molecule has 2 unspecified atom stereocenters. The molecule has 232 valence electrons. The van der Waals surface area contributed by atoms with Gasteiger partial charge in [0.25, 0.3) is 28.9 Å². The average Bonchev–Trinajstić information content (AvgIpc) is 3.58. The summed E-state index contributed by atoms with van der Waals surface area (Å²) >= 11 is 3.47. The Morgan fingerprint density at radius 1 is 1.36 bits per heavy atom. The number of nitrogens with zero attached hydrogens (tertiary/aromatic N) is 7. The molecular formula is C24H26N10O7S3. The number of β-lactam (4-membered cyclic amide) rings is 1. The van der Waals surface area contributed by atoms with Crippen LogP contribution in [-0.2, 0) is 31.1 Å². The normalized spacial score (nSPS) is 19.8. The molecule has 0 aromatic carbocycles. The first-order chi connectivity index (χ1) is 20.8. The van der Waals surface area contributed by atoms with Gasteiger partial charge in [0.05, 0.1) is 24.8 Å². The van der Waals surface area contributed by atoms with Crippen molar-refractivity contribution in [3.63, 3.8) is 0 Å². The van der Waals surface area contributed by atoms with Gasteiger partial charge in [0.2, 0.25) is 5.60 Å². The Kier molecular flexibility index (Phi) is 8.40. The van der Waals surface area contributed by atoms with Crippen LogP contribution in [0.3, 0.4) is 0 Å². The molecular weight excluding hydrogens is 637 g/mol. The van der Waals surface area contributed by atoms with Gasteiger partial charge in [-0.05, 0) is 23.4 Å². The van der Waals surface area contributed by atoms with Crippen molar-refractivity contribution >= 4 is 80.9 Å². The molecule has 2 aliphatic heterocycles. The minimum absolute atomic E-state index is 0.0124. The summed E-state index contributed by atoms with van der Waals surface area (Å²) in [6, 6.07) is 0.533. The molecule has 6 N–H and O–H groups in total. The van der Waals surface area contributed by atoms with Gasteiger partial charge in [0.15, 0.2) is 10.8 Å². The first-order valence-electron chi connectivity index (χ1n) is 12.9. The fraction of sp³-hybridized carbons (Fsp3) is 0.375. The Morgan fingerprint density at radius 3 is 2.75 bits per heavy atom. The number of aromatic nitrogens is 5. The monoisotopic (exact) mass is 662 g/mol. The molecule has 17 nitrogen and oxygen atoms in total. The quantitative estimate of drug-likeness (QED) is 0.0449. The summed E-state index contributed by atoms with van der Waals surface area (Å²) < 4.78 is 3.32. The molecule has 0 radical (unpaired) electrons. The highest BCUT2D eigenvalue weighted by Gasteiger charge is 2.53. The van der Waals surface area contributed by atoms with Crippen LogP contribution in [0.1, 0.15) is 26.0 Å². The summed E-state index contributed by atoms with van der Waals surface area (Å²) in [7, 11) is 1.79. The van der Waals surface area contributed by atoms with Crippen molar-refractivity contribution in [3.05, 3.63) is 34.7 Å². The number of carboxylic acid groups (broad SMARTS) is 2. The number of carboxylic acids is 2. The molecule has 0 aliphatic carbocycles. The lowest BCUT2D eigenvalue weighted by Gasteiger charge is -2.50. The van der Waals surface area contributed by atoms with Crippen molar-refractivity contribution in [1.29, 1.82) is 0 Å². The number of nitrogen functional groups attached to an aromatic ring is 2. The zero-order valence-electron chi connectivity index (χ0n) is 23.4. The molecule has 20 heteroatoms. The second-order valence-electron chi connectivity index (χ2n) is 9.86. The first kappa shape index (κ1) is 31.0. The minimum Gasteiger partial charge on any atom is -0.543 e. The third kappa shape index (κ3) is 5.62. The smallest absolute Gasteiger partial charge is 0.350 e. The zero-order chi connectivity index (χ0) is 31.9. The van der Waals surface area contributed by atoms with E-state index < -0.39 is 46.5 Å². The Hall–Kier alpha value is -4.43. The number of amides is 2. The van der Waals surface area contributed by atoms with Gasteiger partial charge in [-0.15, -0.1) is 23.1 Å². The number of aryl methyl sites for hydroxylation is 1. The van der Waals surface area contributed by atoms with Crippen LogP contribution in [0, 0.1) is 0 Å². The number of thioether (sulfide) groups is 2. The third-order valence-corrected chi connectivity index (χ3v) is 9.98. The molecule has 3 aromatic rings. The van der Waals surface area contributed by atoms with Crippen LogP contribution in [0.5, 0.6) is 0 Å². The summed E-state index contributed by atoms with van der Waals surface area (Å²) in [5, 5.41) is 33.6. The van der Waals surface area contributed by atoms with E-state index in [2.05, 4.69) is 25.5 Å². The Bertz CT molecular complexity index is 1750. The van der Waals surface area contributed by atoms with E-state index in [1.165, 1.54) is 35.8 Å². The molecule has 1 saturated heterocycles.